The number of anilines is 1. The molecular weight excluding hydrogens is 266 g/mol. The van der Waals surface area contributed by atoms with Gasteiger partial charge in [0, 0.05) is 12.6 Å². The van der Waals surface area contributed by atoms with Crippen LogP contribution in [-0.4, -0.2) is 26.9 Å². The van der Waals surface area contributed by atoms with Gasteiger partial charge in [-0.1, -0.05) is 18.3 Å². The lowest BCUT2D eigenvalue weighted by molar-refractivity contribution is -0.383. The van der Waals surface area contributed by atoms with E-state index < -0.39 is 14.9 Å². The van der Waals surface area contributed by atoms with Gasteiger partial charge in [-0.3, -0.25) is 10.1 Å². The summed E-state index contributed by atoms with van der Waals surface area (Å²) in [5.41, 5.74) is -0.211. The van der Waals surface area contributed by atoms with Gasteiger partial charge in [-0.25, -0.2) is 13.1 Å². The van der Waals surface area contributed by atoms with E-state index in [0.717, 1.165) is 23.8 Å². The van der Waals surface area contributed by atoms with E-state index >= 15 is 0 Å². The number of hydrogen-bond acceptors (Lipinski definition) is 6. The summed E-state index contributed by atoms with van der Waals surface area (Å²) in [5, 5.41) is 13.9. The van der Waals surface area contributed by atoms with Gasteiger partial charge in [0.1, 0.15) is 4.21 Å². The standard InChI is InChI=1S/C8H13N3O4S2/c1-3-4-10-8-6(11(12)13)5-7(16-8)17(14,15)9-2/h5,9-10H,3-4H2,1-2H3. The zero-order chi connectivity index (χ0) is 13.1. The Hall–Kier alpha value is -1.19. The number of nitrogens with zero attached hydrogens (tertiary/aromatic N) is 1. The number of hydrogen-bond donors (Lipinski definition) is 2. The summed E-state index contributed by atoms with van der Waals surface area (Å²) in [7, 11) is -2.37. The first-order valence-corrected chi connectivity index (χ1v) is 7.18. The molecule has 0 aliphatic rings. The molecule has 0 radical (unpaired) electrons. The molecule has 0 spiro atoms. The molecule has 0 aliphatic heterocycles. The van der Waals surface area contributed by atoms with Crippen molar-refractivity contribution in [1.29, 1.82) is 0 Å². The highest BCUT2D eigenvalue weighted by Crippen LogP contribution is 2.36. The van der Waals surface area contributed by atoms with Gasteiger partial charge in [-0.2, -0.15) is 0 Å². The lowest BCUT2D eigenvalue weighted by Gasteiger charge is -1.99. The molecule has 7 nitrogen and oxygen atoms in total. The molecular formula is C8H13N3O4S2. The first-order chi connectivity index (χ1) is 7.92. The van der Waals surface area contributed by atoms with Crippen LogP contribution in [0.4, 0.5) is 10.7 Å². The monoisotopic (exact) mass is 279 g/mol. The minimum Gasteiger partial charge on any atom is -0.371 e. The van der Waals surface area contributed by atoms with E-state index in [0.29, 0.717) is 6.54 Å². The highest BCUT2D eigenvalue weighted by molar-refractivity contribution is 7.91. The quantitative estimate of drug-likeness (QED) is 0.605. The van der Waals surface area contributed by atoms with Gasteiger partial charge in [-0.05, 0) is 13.5 Å². The molecule has 0 amide bonds. The third kappa shape index (κ3) is 3.14. The largest absolute Gasteiger partial charge is 0.371 e. The molecule has 2 N–H and O–H groups in total. The van der Waals surface area contributed by atoms with Crippen LogP contribution >= 0.6 is 11.3 Å². The van der Waals surface area contributed by atoms with Crippen LogP contribution in [0.5, 0.6) is 0 Å². The minimum atomic E-state index is -3.63. The lowest BCUT2D eigenvalue weighted by atomic mass is 10.4. The van der Waals surface area contributed by atoms with Crippen LogP contribution in [0, 0.1) is 10.1 Å². The van der Waals surface area contributed by atoms with Crippen molar-refractivity contribution in [3.05, 3.63) is 16.2 Å². The van der Waals surface area contributed by atoms with Crippen molar-refractivity contribution in [3.63, 3.8) is 0 Å². The van der Waals surface area contributed by atoms with Crippen molar-refractivity contribution in [2.24, 2.45) is 0 Å². The van der Waals surface area contributed by atoms with Gasteiger partial charge in [0.15, 0.2) is 5.00 Å². The highest BCUT2D eigenvalue weighted by atomic mass is 32.2. The van der Waals surface area contributed by atoms with Crippen molar-refractivity contribution in [3.8, 4) is 0 Å². The van der Waals surface area contributed by atoms with Crippen LogP contribution in [0.3, 0.4) is 0 Å². The van der Waals surface area contributed by atoms with Crippen molar-refractivity contribution in [2.45, 2.75) is 17.6 Å². The number of thiophene rings is 1. The molecule has 0 saturated carbocycles. The van der Waals surface area contributed by atoms with Crippen molar-refractivity contribution in [2.75, 3.05) is 18.9 Å². The predicted octanol–water partition coefficient (Wildman–Crippen LogP) is 1.39. The van der Waals surface area contributed by atoms with Crippen LogP contribution < -0.4 is 10.0 Å². The Morgan fingerprint density at radius 3 is 2.65 bits per heavy atom. The summed E-state index contributed by atoms with van der Waals surface area (Å²) in [6.45, 7) is 2.47. The summed E-state index contributed by atoms with van der Waals surface area (Å²) in [4.78, 5) is 10.2. The molecule has 1 aromatic rings. The molecule has 9 heteroatoms. The second-order valence-electron chi connectivity index (χ2n) is 3.17. The van der Waals surface area contributed by atoms with Crippen LogP contribution in [0.15, 0.2) is 10.3 Å². The Morgan fingerprint density at radius 2 is 2.18 bits per heavy atom. The Kier molecular flexibility index (Phi) is 4.43. The molecule has 1 heterocycles. The van der Waals surface area contributed by atoms with E-state index in [1.165, 1.54) is 7.05 Å². The smallest absolute Gasteiger partial charge is 0.304 e. The van der Waals surface area contributed by atoms with E-state index in [-0.39, 0.29) is 14.9 Å². The Labute approximate surface area is 103 Å². The molecule has 0 bridgehead atoms. The predicted molar refractivity (Wildman–Crippen MR) is 66.0 cm³/mol. The maximum absolute atomic E-state index is 11.5. The van der Waals surface area contributed by atoms with Gasteiger partial charge in [-0.15, -0.1) is 0 Å². The highest BCUT2D eigenvalue weighted by Gasteiger charge is 2.24. The van der Waals surface area contributed by atoms with Gasteiger partial charge in [0.05, 0.1) is 4.92 Å². The Bertz CT molecular complexity index is 509. The van der Waals surface area contributed by atoms with Crippen molar-refractivity contribution >= 4 is 32.0 Å². The fourth-order valence-electron chi connectivity index (χ4n) is 1.09. The first kappa shape index (κ1) is 13.9. The fraction of sp³-hybridized carbons (Fsp3) is 0.500. The van der Waals surface area contributed by atoms with Crippen LogP contribution in [0.1, 0.15) is 13.3 Å². The van der Waals surface area contributed by atoms with Gasteiger partial charge in [0.2, 0.25) is 10.0 Å². The third-order valence-electron chi connectivity index (χ3n) is 1.96. The summed E-state index contributed by atoms with van der Waals surface area (Å²) < 4.78 is 25.1. The molecule has 1 rings (SSSR count). The second-order valence-corrected chi connectivity index (χ2v) is 6.34. The normalized spacial score (nSPS) is 11.4. The fourth-order valence-corrected chi connectivity index (χ4v) is 3.28. The first-order valence-electron chi connectivity index (χ1n) is 4.88. The molecule has 17 heavy (non-hydrogen) atoms. The average Bonchev–Trinajstić information content (AvgIpc) is 2.71. The summed E-state index contributed by atoms with van der Waals surface area (Å²) in [6, 6.07) is 1.06. The van der Waals surface area contributed by atoms with Gasteiger partial charge < -0.3 is 5.32 Å². The molecule has 0 fully saturated rings. The number of rotatable bonds is 6. The van der Waals surface area contributed by atoms with Gasteiger partial charge >= 0.3 is 5.69 Å². The van der Waals surface area contributed by atoms with E-state index in [1.54, 1.807) is 0 Å². The van der Waals surface area contributed by atoms with Gasteiger partial charge in [0.25, 0.3) is 0 Å². The van der Waals surface area contributed by atoms with Crippen LogP contribution in [0.25, 0.3) is 0 Å². The topological polar surface area (TPSA) is 101 Å². The lowest BCUT2D eigenvalue weighted by Crippen LogP contribution is -2.17. The molecule has 1 aromatic heterocycles. The Balaban J connectivity index is 3.17. The van der Waals surface area contributed by atoms with Crippen LogP contribution in [0.2, 0.25) is 0 Å². The zero-order valence-corrected chi connectivity index (χ0v) is 11.0. The molecule has 0 atom stereocenters. The summed E-state index contributed by atoms with van der Waals surface area (Å²) in [6.07, 6.45) is 0.795. The SMILES string of the molecule is CCCNc1sc(S(=O)(=O)NC)cc1[N+](=O)[O-]. The minimum absolute atomic E-state index is 0.0645. The maximum atomic E-state index is 11.5. The van der Waals surface area contributed by atoms with E-state index in [9.17, 15) is 18.5 Å². The Morgan fingerprint density at radius 1 is 1.53 bits per heavy atom. The average molecular weight is 279 g/mol. The zero-order valence-electron chi connectivity index (χ0n) is 9.39. The van der Waals surface area contributed by atoms with Crippen molar-refractivity contribution in [1.82, 2.24) is 4.72 Å². The molecule has 96 valence electrons. The molecule has 0 saturated heterocycles. The number of sulfonamides is 1. The number of nitro groups is 1. The third-order valence-corrected chi connectivity index (χ3v) is 4.93. The van der Waals surface area contributed by atoms with E-state index in [4.69, 9.17) is 0 Å². The maximum Gasteiger partial charge on any atom is 0.304 e. The van der Waals surface area contributed by atoms with Crippen LogP contribution in [-0.2, 0) is 10.0 Å². The summed E-state index contributed by atoms with van der Waals surface area (Å²) >= 11 is 0.856. The second kappa shape index (κ2) is 5.43. The molecule has 0 unspecified atom stereocenters. The van der Waals surface area contributed by atoms with Crippen molar-refractivity contribution < 1.29 is 13.3 Å². The molecule has 0 aromatic carbocycles. The molecule has 0 aliphatic carbocycles. The van der Waals surface area contributed by atoms with E-state index in [2.05, 4.69) is 10.0 Å². The van der Waals surface area contributed by atoms with E-state index in [1.807, 2.05) is 6.92 Å². The number of nitrogens with one attached hydrogen (secondary N) is 2. The summed E-state index contributed by atoms with van der Waals surface area (Å²) in [5.74, 6) is 0.